The minimum Gasteiger partial charge on any atom is -0.352 e. The van der Waals surface area contributed by atoms with Crippen LogP contribution in [0.4, 0.5) is 0 Å². The number of carbonyl (C=O) groups excluding carboxylic acids is 1. The van der Waals surface area contributed by atoms with Crippen LogP contribution in [0.3, 0.4) is 0 Å². The summed E-state index contributed by atoms with van der Waals surface area (Å²) in [7, 11) is 0. The van der Waals surface area contributed by atoms with Gasteiger partial charge in [0, 0.05) is 30.3 Å². The molecule has 0 atom stereocenters. The molecule has 0 aliphatic carbocycles. The maximum atomic E-state index is 12.9. The molecule has 0 unspecified atom stereocenters. The molecule has 1 N–H and O–H groups in total. The van der Waals surface area contributed by atoms with Crippen LogP contribution in [0.15, 0.2) is 60.7 Å². The van der Waals surface area contributed by atoms with Gasteiger partial charge in [-0.1, -0.05) is 79.2 Å². The predicted octanol–water partition coefficient (Wildman–Crippen LogP) is 4.41. The lowest BCUT2D eigenvalue weighted by Crippen LogP contribution is -2.45. The normalized spacial score (nSPS) is 15.0. The number of fused-ring (bicyclic) bond motifs is 1. The molecule has 7 nitrogen and oxygen atoms in total. The van der Waals surface area contributed by atoms with E-state index in [0.717, 1.165) is 43.6 Å². The van der Waals surface area contributed by atoms with E-state index in [1.807, 2.05) is 60.7 Å². The largest absolute Gasteiger partial charge is 0.352 e. The van der Waals surface area contributed by atoms with E-state index in [9.17, 15) is 4.79 Å². The molecule has 0 saturated carbocycles. The van der Waals surface area contributed by atoms with Crippen molar-refractivity contribution in [2.75, 3.05) is 19.6 Å². The Balaban J connectivity index is 1.49. The third-order valence-electron chi connectivity index (χ3n) is 6.39. The number of aromatic nitrogens is 4. The van der Waals surface area contributed by atoms with Crippen LogP contribution in [0.5, 0.6) is 0 Å². The summed E-state index contributed by atoms with van der Waals surface area (Å²) in [6, 6.07) is 19.7. The molecule has 1 fully saturated rings. The van der Waals surface area contributed by atoms with Crippen molar-refractivity contribution in [2.24, 2.45) is 0 Å². The fraction of sp³-hybridized carbons (Fsp3) is 0.308. The smallest absolute Gasteiger partial charge is 0.242 e. The molecule has 1 aliphatic heterocycles. The van der Waals surface area contributed by atoms with Crippen LogP contribution in [-0.2, 0) is 11.3 Å². The molecule has 0 spiro atoms. The lowest BCUT2D eigenvalue weighted by atomic mass is 10.1. The Kier molecular flexibility index (Phi) is 6.56. The van der Waals surface area contributed by atoms with E-state index in [2.05, 4.69) is 27.3 Å². The first-order valence-electron chi connectivity index (χ1n) is 11.7. The van der Waals surface area contributed by atoms with Gasteiger partial charge in [0.05, 0.1) is 10.4 Å². The lowest BCUT2D eigenvalue weighted by Gasteiger charge is -2.31. The Labute approximate surface area is 203 Å². The zero-order valence-corrected chi connectivity index (χ0v) is 19.9. The van der Waals surface area contributed by atoms with Gasteiger partial charge in [0.1, 0.15) is 17.9 Å². The molecule has 34 heavy (non-hydrogen) atoms. The number of nitrogens with one attached hydrogen (secondary N) is 1. The molecule has 4 aromatic rings. The van der Waals surface area contributed by atoms with Crippen molar-refractivity contribution >= 4 is 28.5 Å². The monoisotopic (exact) mass is 474 g/mol. The SMILES string of the molecule is CCN1CCC(NC(=O)Cn2nc(-c3ccccc3)c3c(Cl)c(-c4ccccc4)nnc32)CC1. The molecule has 174 valence electrons. The number of hydrogen-bond donors (Lipinski definition) is 1. The van der Waals surface area contributed by atoms with Crippen LogP contribution in [0.1, 0.15) is 19.8 Å². The van der Waals surface area contributed by atoms with E-state index in [4.69, 9.17) is 16.7 Å². The van der Waals surface area contributed by atoms with Crippen LogP contribution in [-0.4, -0.2) is 56.5 Å². The van der Waals surface area contributed by atoms with Crippen molar-refractivity contribution < 1.29 is 4.79 Å². The molecule has 0 bridgehead atoms. The standard InChI is InChI=1S/C26H27ClN6O/c1-2-32-15-13-20(14-16-32)28-21(34)17-33-26-22(24(31-33)18-9-5-3-6-10-18)23(27)25(29-30-26)19-11-7-4-8-12-19/h3-12,20H,2,13-17H2,1H3,(H,28,34). The molecule has 2 aromatic heterocycles. The van der Waals surface area contributed by atoms with Crippen LogP contribution < -0.4 is 5.32 Å². The Morgan fingerprint density at radius 3 is 2.21 bits per heavy atom. The predicted molar refractivity (Wildman–Crippen MR) is 134 cm³/mol. The zero-order chi connectivity index (χ0) is 23.5. The maximum Gasteiger partial charge on any atom is 0.242 e. The summed E-state index contributed by atoms with van der Waals surface area (Å²) < 4.78 is 1.61. The van der Waals surface area contributed by atoms with Crippen LogP contribution in [0.2, 0.25) is 5.02 Å². The summed E-state index contributed by atoms with van der Waals surface area (Å²) in [5.74, 6) is -0.0796. The highest BCUT2D eigenvalue weighted by molar-refractivity contribution is 6.38. The summed E-state index contributed by atoms with van der Waals surface area (Å²) in [5.41, 5.74) is 3.58. The molecule has 3 heterocycles. The number of likely N-dealkylation sites (tertiary alicyclic amines) is 1. The number of halogens is 1. The van der Waals surface area contributed by atoms with Gasteiger partial charge in [-0.05, 0) is 19.4 Å². The van der Waals surface area contributed by atoms with Crippen molar-refractivity contribution in [3.05, 3.63) is 65.7 Å². The van der Waals surface area contributed by atoms with Gasteiger partial charge in [0.2, 0.25) is 5.91 Å². The summed E-state index contributed by atoms with van der Waals surface area (Å²) in [5, 5.41) is 18.0. The van der Waals surface area contributed by atoms with Crippen LogP contribution in [0, 0.1) is 0 Å². The number of piperidine rings is 1. The van der Waals surface area contributed by atoms with Crippen molar-refractivity contribution in [1.29, 1.82) is 0 Å². The van der Waals surface area contributed by atoms with Gasteiger partial charge in [-0.3, -0.25) is 4.79 Å². The molecule has 0 radical (unpaired) electrons. The Morgan fingerprint density at radius 2 is 1.59 bits per heavy atom. The molecule has 8 heteroatoms. The van der Waals surface area contributed by atoms with Crippen molar-refractivity contribution in [2.45, 2.75) is 32.4 Å². The number of carbonyl (C=O) groups is 1. The van der Waals surface area contributed by atoms with Gasteiger partial charge < -0.3 is 10.2 Å². The molecule has 1 aliphatic rings. The fourth-order valence-corrected chi connectivity index (χ4v) is 4.83. The van der Waals surface area contributed by atoms with Gasteiger partial charge in [-0.2, -0.15) is 5.10 Å². The van der Waals surface area contributed by atoms with E-state index in [-0.39, 0.29) is 18.5 Å². The minimum atomic E-state index is -0.0796. The topological polar surface area (TPSA) is 75.9 Å². The van der Waals surface area contributed by atoms with Crippen LogP contribution >= 0.6 is 11.6 Å². The maximum absolute atomic E-state index is 12.9. The Hall–Kier alpha value is -3.29. The van der Waals surface area contributed by atoms with E-state index in [0.29, 0.717) is 27.4 Å². The third-order valence-corrected chi connectivity index (χ3v) is 6.75. The lowest BCUT2D eigenvalue weighted by molar-refractivity contribution is -0.122. The van der Waals surface area contributed by atoms with Crippen molar-refractivity contribution in [3.8, 4) is 22.5 Å². The number of benzene rings is 2. The summed E-state index contributed by atoms with van der Waals surface area (Å²) in [6.45, 7) is 5.29. The van der Waals surface area contributed by atoms with Crippen molar-refractivity contribution in [1.82, 2.24) is 30.2 Å². The second-order valence-corrected chi connectivity index (χ2v) is 8.95. The number of rotatable bonds is 6. The number of amides is 1. The second-order valence-electron chi connectivity index (χ2n) is 8.58. The molecule has 5 rings (SSSR count). The van der Waals surface area contributed by atoms with E-state index in [1.165, 1.54) is 0 Å². The first kappa shape index (κ1) is 22.5. The van der Waals surface area contributed by atoms with Gasteiger partial charge in [0.15, 0.2) is 5.65 Å². The van der Waals surface area contributed by atoms with E-state index < -0.39 is 0 Å². The summed E-state index contributed by atoms with van der Waals surface area (Å²) in [6.07, 6.45) is 1.92. The first-order chi connectivity index (χ1) is 16.6. The fourth-order valence-electron chi connectivity index (χ4n) is 4.51. The molecular formula is C26H27ClN6O. The molecule has 1 saturated heterocycles. The Morgan fingerprint density at radius 1 is 0.971 bits per heavy atom. The molecule has 2 aromatic carbocycles. The second kappa shape index (κ2) is 9.91. The average molecular weight is 475 g/mol. The van der Waals surface area contributed by atoms with Gasteiger partial charge >= 0.3 is 0 Å². The van der Waals surface area contributed by atoms with Gasteiger partial charge in [-0.15, -0.1) is 10.2 Å². The molecular weight excluding hydrogens is 448 g/mol. The first-order valence-corrected chi connectivity index (χ1v) is 12.1. The highest BCUT2D eigenvalue weighted by atomic mass is 35.5. The van der Waals surface area contributed by atoms with Crippen LogP contribution in [0.25, 0.3) is 33.5 Å². The zero-order valence-electron chi connectivity index (χ0n) is 19.1. The number of nitrogens with zero attached hydrogens (tertiary/aromatic N) is 5. The highest BCUT2D eigenvalue weighted by Crippen LogP contribution is 2.37. The van der Waals surface area contributed by atoms with Crippen molar-refractivity contribution in [3.63, 3.8) is 0 Å². The summed E-state index contributed by atoms with van der Waals surface area (Å²) >= 11 is 6.90. The third kappa shape index (κ3) is 4.54. The van der Waals surface area contributed by atoms with Gasteiger partial charge in [-0.25, -0.2) is 4.68 Å². The summed E-state index contributed by atoms with van der Waals surface area (Å²) in [4.78, 5) is 15.3. The highest BCUT2D eigenvalue weighted by Gasteiger charge is 2.24. The Bertz CT molecular complexity index is 1280. The van der Waals surface area contributed by atoms with E-state index >= 15 is 0 Å². The average Bonchev–Trinajstić information content (AvgIpc) is 3.25. The number of hydrogen-bond acceptors (Lipinski definition) is 5. The van der Waals surface area contributed by atoms with E-state index in [1.54, 1.807) is 4.68 Å². The quantitative estimate of drug-likeness (QED) is 0.448. The van der Waals surface area contributed by atoms with Gasteiger partial charge in [0.25, 0.3) is 0 Å². The molecule has 1 amide bonds. The minimum absolute atomic E-state index is 0.0625.